The van der Waals surface area contributed by atoms with Gasteiger partial charge in [-0.15, -0.1) is 0 Å². The molecule has 0 aromatic carbocycles. The molecule has 0 saturated heterocycles. The quantitative estimate of drug-likeness (QED) is 0.564. The van der Waals surface area contributed by atoms with Gasteiger partial charge in [0.15, 0.2) is 0 Å². The first-order valence-corrected chi connectivity index (χ1v) is 3.58. The second-order valence-corrected chi connectivity index (χ2v) is 2.68. The van der Waals surface area contributed by atoms with Crippen molar-refractivity contribution >= 4 is 5.71 Å². The first-order valence-electron chi connectivity index (χ1n) is 3.58. The summed E-state index contributed by atoms with van der Waals surface area (Å²) < 4.78 is 72.5. The maximum atomic E-state index is 12.2. The first kappa shape index (κ1) is 11.8. The second kappa shape index (κ2) is 3.39. The fraction of sp³-hybridized carbons (Fsp3) is 0.375. The zero-order chi connectivity index (χ0) is 11.9. The van der Waals surface area contributed by atoms with Crippen molar-refractivity contribution in [3.05, 3.63) is 23.4 Å². The Bertz CT molecular complexity index is 354. The number of rotatable bonds is 0. The molecular formula is C8H3F6N+. The molecule has 0 aromatic rings. The molecule has 0 atom stereocenters. The minimum atomic E-state index is -4.95. The maximum absolute atomic E-state index is 12.2. The lowest BCUT2D eigenvalue weighted by Gasteiger charge is -2.04. The lowest BCUT2D eigenvalue weighted by molar-refractivity contribution is -0.0962. The molecular weight excluding hydrogens is 224 g/mol. The van der Waals surface area contributed by atoms with Gasteiger partial charge in [0.1, 0.15) is 0 Å². The number of allylic oxidation sites excluding steroid dienone is 4. The molecule has 0 aliphatic carbocycles. The summed E-state index contributed by atoms with van der Waals surface area (Å²) in [5.74, 6) is 0. The standard InChI is InChI=1S/C8H3F6N/c1-4-2-3-5(7(9,10)11)15-6(4)8(12,13)14/h1H3/q+1. The van der Waals surface area contributed by atoms with Gasteiger partial charge < -0.3 is 0 Å². The third-order valence-electron chi connectivity index (χ3n) is 1.48. The zero-order valence-electron chi connectivity index (χ0n) is 7.22. The Balaban J connectivity index is 3.20. The summed E-state index contributed by atoms with van der Waals surface area (Å²) in [6.45, 7) is 0.965. The van der Waals surface area contributed by atoms with Crippen molar-refractivity contribution in [3.8, 4) is 0 Å². The molecule has 15 heavy (non-hydrogen) atoms. The molecule has 1 heterocycles. The van der Waals surface area contributed by atoms with E-state index in [1.807, 2.05) is 0 Å². The highest BCUT2D eigenvalue weighted by Crippen LogP contribution is 2.29. The molecule has 81 valence electrons. The fourth-order valence-electron chi connectivity index (χ4n) is 0.846. The SMILES string of the molecule is CC1=C(C(F)(F)F)[N+]=C(C(F)(F)F)[C]=[C]1. The van der Waals surface area contributed by atoms with Gasteiger partial charge in [-0.05, 0) is 6.92 Å². The van der Waals surface area contributed by atoms with E-state index in [2.05, 4.69) is 4.99 Å². The van der Waals surface area contributed by atoms with E-state index >= 15 is 0 Å². The van der Waals surface area contributed by atoms with E-state index in [9.17, 15) is 26.3 Å². The van der Waals surface area contributed by atoms with Crippen LogP contribution >= 0.6 is 0 Å². The summed E-state index contributed by atoms with van der Waals surface area (Å²) in [7, 11) is 0. The summed E-state index contributed by atoms with van der Waals surface area (Å²) in [6, 6.07) is 0. The number of alkyl halides is 6. The molecule has 7 heteroatoms. The number of hydrogen-bond acceptors (Lipinski definition) is 1. The van der Waals surface area contributed by atoms with Crippen molar-refractivity contribution in [1.29, 1.82) is 0 Å². The highest BCUT2D eigenvalue weighted by Gasteiger charge is 2.52. The Kier molecular flexibility index (Phi) is 2.67. The van der Waals surface area contributed by atoms with E-state index in [1.165, 1.54) is 6.08 Å². The largest absolute Gasteiger partial charge is 0.485 e. The fourth-order valence-corrected chi connectivity index (χ4v) is 0.846. The van der Waals surface area contributed by atoms with Gasteiger partial charge >= 0.3 is 23.8 Å². The first-order chi connectivity index (χ1) is 6.62. The van der Waals surface area contributed by atoms with Gasteiger partial charge in [0, 0.05) is 11.6 Å². The summed E-state index contributed by atoms with van der Waals surface area (Å²) in [5.41, 5.74) is -3.83. The van der Waals surface area contributed by atoms with Gasteiger partial charge in [0.05, 0.1) is 11.1 Å². The predicted molar refractivity (Wildman–Crippen MR) is 38.4 cm³/mol. The van der Waals surface area contributed by atoms with E-state index < -0.39 is 29.3 Å². The number of aliphatic imine (C=N–C) groups is 1. The van der Waals surface area contributed by atoms with Crippen LogP contribution < -0.4 is 4.99 Å². The predicted octanol–water partition coefficient (Wildman–Crippen LogP) is 2.34. The lowest BCUT2D eigenvalue weighted by Crippen LogP contribution is -2.32. The van der Waals surface area contributed by atoms with Crippen molar-refractivity contribution < 1.29 is 26.3 Å². The van der Waals surface area contributed by atoms with E-state index in [1.54, 1.807) is 6.08 Å². The Morgan fingerprint density at radius 1 is 0.933 bits per heavy atom. The van der Waals surface area contributed by atoms with Gasteiger partial charge in [-0.1, -0.05) is 0 Å². The van der Waals surface area contributed by atoms with Crippen molar-refractivity contribution in [1.82, 2.24) is 4.99 Å². The third kappa shape index (κ3) is 2.60. The summed E-state index contributed by atoms with van der Waals surface area (Å²) >= 11 is 0. The zero-order valence-corrected chi connectivity index (χ0v) is 7.22. The summed E-state index contributed by atoms with van der Waals surface area (Å²) in [4.78, 5) is 2.48. The minimum absolute atomic E-state index is 0.518. The van der Waals surface area contributed by atoms with Crippen LogP contribution in [0, 0.1) is 12.2 Å². The minimum Gasteiger partial charge on any atom is -0.161 e. The molecule has 0 unspecified atom stereocenters. The summed E-state index contributed by atoms with van der Waals surface area (Å²) in [5, 5.41) is 0. The van der Waals surface area contributed by atoms with Gasteiger partial charge in [0.25, 0.3) is 0 Å². The monoisotopic (exact) mass is 227 g/mol. The Hall–Kier alpha value is -1.27. The summed E-state index contributed by atoms with van der Waals surface area (Å²) in [6.07, 6.45) is -6.59. The van der Waals surface area contributed by atoms with E-state index in [-0.39, 0.29) is 0 Å². The average Bonchev–Trinajstić information content (AvgIpc) is 2.00. The topological polar surface area (TPSA) is 14.1 Å². The van der Waals surface area contributed by atoms with Crippen LogP contribution in [0.4, 0.5) is 26.3 Å². The van der Waals surface area contributed by atoms with Crippen LogP contribution in [-0.2, 0) is 0 Å². The number of nitrogens with zero attached hydrogens (tertiary/aromatic N) is 1. The molecule has 3 radical (unpaired) electrons. The van der Waals surface area contributed by atoms with Gasteiger partial charge in [-0.2, -0.15) is 26.3 Å². The van der Waals surface area contributed by atoms with E-state index in [0.717, 1.165) is 6.92 Å². The molecule has 1 rings (SSSR count). The highest BCUT2D eigenvalue weighted by molar-refractivity contribution is 5.96. The number of halogens is 6. The lowest BCUT2D eigenvalue weighted by atomic mass is 10.1. The van der Waals surface area contributed by atoms with Crippen molar-refractivity contribution in [3.63, 3.8) is 0 Å². The van der Waals surface area contributed by atoms with Crippen molar-refractivity contribution in [2.75, 3.05) is 0 Å². The van der Waals surface area contributed by atoms with Crippen LogP contribution in [-0.4, -0.2) is 18.1 Å². The van der Waals surface area contributed by atoms with Crippen LogP contribution in [0.25, 0.3) is 0 Å². The Morgan fingerprint density at radius 2 is 1.47 bits per heavy atom. The van der Waals surface area contributed by atoms with Crippen LogP contribution in [0.15, 0.2) is 11.3 Å². The molecule has 0 bridgehead atoms. The van der Waals surface area contributed by atoms with E-state index in [4.69, 9.17) is 0 Å². The molecule has 1 nitrogen and oxygen atoms in total. The highest BCUT2D eigenvalue weighted by atomic mass is 19.4. The third-order valence-corrected chi connectivity index (χ3v) is 1.48. The Labute approximate surface area is 80.8 Å². The van der Waals surface area contributed by atoms with Crippen LogP contribution in [0.1, 0.15) is 6.92 Å². The van der Waals surface area contributed by atoms with Crippen molar-refractivity contribution in [2.24, 2.45) is 0 Å². The molecule has 0 N–H and O–H groups in total. The smallest absolute Gasteiger partial charge is 0.161 e. The number of hydrogen-bond donors (Lipinski definition) is 0. The molecule has 0 spiro atoms. The molecule has 0 amide bonds. The molecule has 0 aromatic heterocycles. The van der Waals surface area contributed by atoms with Gasteiger partial charge in [-0.25, -0.2) is 0 Å². The molecule has 1 aliphatic rings. The Morgan fingerprint density at radius 3 is 1.87 bits per heavy atom. The van der Waals surface area contributed by atoms with Crippen LogP contribution in [0.5, 0.6) is 0 Å². The molecule has 1 aliphatic heterocycles. The normalized spacial score (nSPS) is 18.2. The van der Waals surface area contributed by atoms with E-state index in [0.29, 0.717) is 0 Å². The van der Waals surface area contributed by atoms with Crippen LogP contribution in [0.2, 0.25) is 0 Å². The maximum Gasteiger partial charge on any atom is 0.485 e. The van der Waals surface area contributed by atoms with Gasteiger partial charge in [0.2, 0.25) is 0 Å². The average molecular weight is 227 g/mol. The second-order valence-electron chi connectivity index (χ2n) is 2.68. The molecule has 0 fully saturated rings. The molecule has 0 saturated carbocycles. The van der Waals surface area contributed by atoms with Gasteiger partial charge in [-0.3, -0.25) is 0 Å². The van der Waals surface area contributed by atoms with Crippen LogP contribution in [0.3, 0.4) is 0 Å². The van der Waals surface area contributed by atoms with Crippen molar-refractivity contribution in [2.45, 2.75) is 19.3 Å².